The topological polar surface area (TPSA) is 143 Å². The first-order valence-electron chi connectivity index (χ1n) is 16.2. The van der Waals surface area contributed by atoms with Crippen LogP contribution in [0.15, 0.2) is 82.6 Å². The van der Waals surface area contributed by atoms with Crippen LogP contribution >= 0.6 is 0 Å². The normalized spacial score (nSPS) is 20.8. The highest BCUT2D eigenvalue weighted by atomic mass is 32.2. The summed E-state index contributed by atoms with van der Waals surface area (Å²) in [5.74, 6) is -0.529. The van der Waals surface area contributed by atoms with Gasteiger partial charge >= 0.3 is 0 Å². The van der Waals surface area contributed by atoms with E-state index in [2.05, 4.69) is 4.72 Å². The molecular weight excluding hydrogens is 655 g/mol. The number of aryl methyl sites for hydroxylation is 1. The number of rotatable bonds is 9. The summed E-state index contributed by atoms with van der Waals surface area (Å²) in [6, 6.07) is 18.6. The van der Waals surface area contributed by atoms with Gasteiger partial charge in [-0.25, -0.2) is 16.8 Å². The Hall–Kier alpha value is -3.49. The molecule has 0 aromatic heterocycles. The Morgan fingerprint density at radius 2 is 1.67 bits per heavy atom. The molecule has 13 heteroatoms. The van der Waals surface area contributed by atoms with Gasteiger partial charge in [-0.15, -0.1) is 0 Å². The molecule has 4 atom stereocenters. The predicted molar refractivity (Wildman–Crippen MR) is 185 cm³/mol. The van der Waals surface area contributed by atoms with E-state index in [9.17, 15) is 26.7 Å². The van der Waals surface area contributed by atoms with E-state index in [4.69, 9.17) is 9.47 Å². The molecule has 3 aromatic rings. The number of hydrogen-bond acceptors (Lipinski definition) is 8. The number of benzene rings is 3. The molecule has 1 heterocycles. The molecule has 3 aromatic carbocycles. The van der Waals surface area contributed by atoms with Crippen molar-refractivity contribution in [1.82, 2.24) is 9.21 Å². The SMILES string of the molecule is Cc1ccc(S(=O)(=O)N(C)C[C@@H]2OCCCC[C@@H](C)Oc3ccc(NS(=O)(=O)c4ccccc4)cc3C(=O)N([C@H](C)CO)C[C@H]2C)cc1. The van der Waals surface area contributed by atoms with Crippen molar-refractivity contribution in [3.63, 3.8) is 0 Å². The molecule has 2 N–H and O–H groups in total. The molecule has 48 heavy (non-hydrogen) atoms. The van der Waals surface area contributed by atoms with Gasteiger partial charge in [-0.3, -0.25) is 9.52 Å². The number of fused-ring (bicyclic) bond motifs is 1. The maximum Gasteiger partial charge on any atom is 0.261 e. The second-order valence-corrected chi connectivity index (χ2v) is 16.3. The first-order valence-corrected chi connectivity index (χ1v) is 19.1. The lowest BCUT2D eigenvalue weighted by Gasteiger charge is -2.35. The van der Waals surface area contributed by atoms with Gasteiger partial charge in [-0.2, -0.15) is 4.31 Å². The van der Waals surface area contributed by atoms with Crippen molar-refractivity contribution in [1.29, 1.82) is 0 Å². The van der Waals surface area contributed by atoms with Gasteiger partial charge in [0.2, 0.25) is 10.0 Å². The lowest BCUT2D eigenvalue weighted by molar-refractivity contribution is -0.00833. The first-order chi connectivity index (χ1) is 22.7. The molecule has 262 valence electrons. The number of carbonyl (C=O) groups is 1. The summed E-state index contributed by atoms with van der Waals surface area (Å²) >= 11 is 0. The largest absolute Gasteiger partial charge is 0.490 e. The van der Waals surface area contributed by atoms with Gasteiger partial charge in [0.1, 0.15) is 5.75 Å². The number of anilines is 1. The van der Waals surface area contributed by atoms with Crippen LogP contribution in [-0.2, 0) is 24.8 Å². The smallest absolute Gasteiger partial charge is 0.261 e. The Kier molecular flexibility index (Phi) is 12.7. The van der Waals surface area contributed by atoms with Gasteiger partial charge in [-0.05, 0) is 82.5 Å². The predicted octanol–water partition coefficient (Wildman–Crippen LogP) is 4.91. The highest BCUT2D eigenvalue weighted by Crippen LogP contribution is 2.30. The number of aliphatic hydroxyl groups excluding tert-OH is 1. The van der Waals surface area contributed by atoms with E-state index in [0.717, 1.165) is 12.0 Å². The second kappa shape index (κ2) is 16.3. The maximum absolute atomic E-state index is 14.4. The minimum atomic E-state index is -3.94. The van der Waals surface area contributed by atoms with Crippen LogP contribution in [-0.4, -0.2) is 88.7 Å². The van der Waals surface area contributed by atoms with Crippen molar-refractivity contribution in [2.45, 2.75) is 75.0 Å². The first kappa shape index (κ1) is 37.3. The molecule has 0 bridgehead atoms. The van der Waals surface area contributed by atoms with E-state index in [-0.39, 0.29) is 52.8 Å². The molecule has 0 saturated heterocycles. The molecule has 4 rings (SSSR count). The summed E-state index contributed by atoms with van der Waals surface area (Å²) < 4.78 is 69.5. The number of aliphatic hydroxyl groups is 1. The summed E-state index contributed by atoms with van der Waals surface area (Å²) in [6.45, 7) is 7.62. The zero-order chi connectivity index (χ0) is 35.1. The molecule has 0 saturated carbocycles. The van der Waals surface area contributed by atoms with Gasteiger partial charge in [0.15, 0.2) is 0 Å². The quantitative estimate of drug-likeness (QED) is 0.321. The number of likely N-dealkylation sites (N-methyl/N-ethyl adjacent to an activating group) is 1. The highest BCUT2D eigenvalue weighted by molar-refractivity contribution is 7.92. The van der Waals surface area contributed by atoms with Crippen molar-refractivity contribution in [3.8, 4) is 5.75 Å². The number of nitrogens with zero attached hydrogens (tertiary/aromatic N) is 2. The fraction of sp³-hybridized carbons (Fsp3) is 0.457. The van der Waals surface area contributed by atoms with Crippen molar-refractivity contribution in [2.75, 3.05) is 38.1 Å². The highest BCUT2D eigenvalue weighted by Gasteiger charge is 2.32. The van der Waals surface area contributed by atoms with Gasteiger partial charge in [-0.1, -0.05) is 42.8 Å². The molecule has 1 aliphatic heterocycles. The van der Waals surface area contributed by atoms with Crippen LogP contribution in [0.25, 0.3) is 0 Å². The zero-order valence-corrected chi connectivity index (χ0v) is 29.8. The number of amides is 1. The second-order valence-electron chi connectivity index (χ2n) is 12.5. The Morgan fingerprint density at radius 3 is 2.33 bits per heavy atom. The van der Waals surface area contributed by atoms with Crippen LogP contribution in [0.2, 0.25) is 0 Å². The van der Waals surface area contributed by atoms with Crippen molar-refractivity contribution >= 4 is 31.6 Å². The Bertz CT molecular complexity index is 1740. The third-order valence-corrected chi connectivity index (χ3v) is 11.8. The van der Waals surface area contributed by atoms with Gasteiger partial charge < -0.3 is 19.5 Å². The lowest BCUT2D eigenvalue weighted by atomic mass is 10.0. The Labute approximate surface area is 285 Å². The summed E-state index contributed by atoms with van der Waals surface area (Å²) in [5, 5.41) is 10.2. The fourth-order valence-electron chi connectivity index (χ4n) is 5.50. The van der Waals surface area contributed by atoms with E-state index in [0.29, 0.717) is 25.2 Å². The molecule has 0 spiro atoms. The molecule has 11 nitrogen and oxygen atoms in total. The van der Waals surface area contributed by atoms with Crippen molar-refractivity contribution in [3.05, 3.63) is 83.9 Å². The number of hydrogen-bond donors (Lipinski definition) is 2. The van der Waals surface area contributed by atoms with Gasteiger partial charge in [0.25, 0.3) is 15.9 Å². The van der Waals surface area contributed by atoms with E-state index in [1.807, 2.05) is 20.8 Å². The van der Waals surface area contributed by atoms with E-state index in [1.54, 1.807) is 61.5 Å². The molecule has 0 radical (unpaired) electrons. The summed E-state index contributed by atoms with van der Waals surface area (Å²) in [7, 11) is -6.23. The average Bonchev–Trinajstić information content (AvgIpc) is 3.06. The Morgan fingerprint density at radius 1 is 0.979 bits per heavy atom. The number of nitrogens with one attached hydrogen (secondary N) is 1. The van der Waals surface area contributed by atoms with Crippen LogP contribution < -0.4 is 9.46 Å². The lowest BCUT2D eigenvalue weighted by Crippen LogP contribution is -2.48. The standard InChI is InChI=1S/C35H47N3O8S2/c1-25-14-17-31(18-15-25)48(43,44)37(5)23-34-26(2)22-38(27(3)24-39)35(40)32-21-29(36-47(41,42)30-12-7-6-8-13-30)16-19-33(32)46-28(4)11-9-10-20-45-34/h6-8,12-19,21,26-28,34,36,39H,9-11,20,22-24H2,1-5H3/t26-,27-,28-,34+/m1/s1. The van der Waals surface area contributed by atoms with Gasteiger partial charge in [0.05, 0.1) is 40.2 Å². The number of ether oxygens (including phenoxy) is 2. The van der Waals surface area contributed by atoms with Crippen molar-refractivity contribution in [2.24, 2.45) is 5.92 Å². The summed E-state index contributed by atoms with van der Waals surface area (Å²) in [4.78, 5) is 16.1. The maximum atomic E-state index is 14.4. The minimum Gasteiger partial charge on any atom is -0.490 e. The number of carbonyl (C=O) groups excluding carboxylic acids is 1. The van der Waals surface area contributed by atoms with Crippen LogP contribution in [0.4, 0.5) is 5.69 Å². The van der Waals surface area contributed by atoms with Crippen LogP contribution in [0.5, 0.6) is 5.75 Å². The molecule has 1 aliphatic rings. The third kappa shape index (κ3) is 9.35. The van der Waals surface area contributed by atoms with Gasteiger partial charge in [0, 0.05) is 38.3 Å². The molecule has 0 aliphatic carbocycles. The molecular formula is C35H47N3O8S2. The fourth-order valence-corrected chi connectivity index (χ4v) is 7.76. The number of sulfonamides is 2. The Balaban J connectivity index is 1.67. The van der Waals surface area contributed by atoms with E-state index < -0.39 is 38.1 Å². The average molecular weight is 702 g/mol. The van der Waals surface area contributed by atoms with Crippen LogP contribution in [0, 0.1) is 12.8 Å². The van der Waals surface area contributed by atoms with E-state index in [1.165, 1.54) is 34.5 Å². The summed E-state index contributed by atoms with van der Waals surface area (Å²) in [6.07, 6.45) is 1.31. The molecule has 0 fully saturated rings. The zero-order valence-electron chi connectivity index (χ0n) is 28.2. The minimum absolute atomic E-state index is 0.0500. The third-order valence-electron chi connectivity index (χ3n) is 8.52. The molecule has 1 amide bonds. The van der Waals surface area contributed by atoms with Crippen LogP contribution in [0.3, 0.4) is 0 Å². The summed E-state index contributed by atoms with van der Waals surface area (Å²) in [5.41, 5.74) is 1.26. The molecule has 0 unspecified atom stereocenters. The van der Waals surface area contributed by atoms with Crippen molar-refractivity contribution < 1.29 is 36.2 Å². The van der Waals surface area contributed by atoms with Crippen LogP contribution in [0.1, 0.15) is 56.0 Å². The monoisotopic (exact) mass is 701 g/mol. The van der Waals surface area contributed by atoms with E-state index >= 15 is 0 Å².